The van der Waals surface area contributed by atoms with Crippen LogP contribution in [0.15, 0.2) is 22.6 Å². The number of fused-ring (bicyclic) bond motifs is 1. The Bertz CT molecular complexity index is 765. The number of furan rings is 1. The summed E-state index contributed by atoms with van der Waals surface area (Å²) in [4.78, 5) is 25.2. The summed E-state index contributed by atoms with van der Waals surface area (Å²) in [5.74, 6) is -0.661. The molecule has 1 aromatic heterocycles. The van der Waals surface area contributed by atoms with E-state index >= 15 is 0 Å². The molecule has 1 N–H and O–H groups in total. The van der Waals surface area contributed by atoms with Crippen LogP contribution in [-0.2, 0) is 9.53 Å². The van der Waals surface area contributed by atoms with Crippen LogP contribution in [0.2, 0.25) is 0 Å². The molecule has 1 aliphatic rings. The van der Waals surface area contributed by atoms with Crippen molar-refractivity contribution in [2.45, 2.75) is 13.0 Å². The van der Waals surface area contributed by atoms with Crippen LogP contribution in [0.4, 0.5) is 0 Å². The normalized spacial score (nSPS) is 18.2. The number of aliphatic carboxylic acids is 1. The number of carboxylic acids is 1. The van der Waals surface area contributed by atoms with Crippen molar-refractivity contribution in [1.29, 1.82) is 0 Å². The molecule has 3 rings (SSSR count). The van der Waals surface area contributed by atoms with Gasteiger partial charge in [-0.2, -0.15) is 0 Å². The maximum atomic E-state index is 12.7. The van der Waals surface area contributed by atoms with E-state index in [1.165, 1.54) is 12.0 Å². The number of nitrogens with zero attached hydrogens (tertiary/aromatic N) is 1. The monoisotopic (exact) mass is 319 g/mol. The predicted molar refractivity (Wildman–Crippen MR) is 80.8 cm³/mol. The lowest BCUT2D eigenvalue weighted by Gasteiger charge is -2.30. The number of aryl methyl sites for hydroxylation is 1. The molecule has 0 radical (unpaired) electrons. The van der Waals surface area contributed by atoms with Crippen LogP contribution in [0, 0.1) is 6.92 Å². The second-order valence-corrected chi connectivity index (χ2v) is 5.34. The molecule has 0 bridgehead atoms. The first-order chi connectivity index (χ1) is 11.0. The summed E-state index contributed by atoms with van der Waals surface area (Å²) in [5, 5.41) is 9.84. The SMILES string of the molecule is COc1cccc2c(C)c(C(=O)N3CCO[C@@H](C(=O)O)C3)oc12. The standard InChI is InChI=1S/C16H17NO6/c1-9-10-4-3-5-11(21-2)14(10)23-13(9)15(18)17-6-7-22-12(8-17)16(19)20/h3-5,12H,6-8H2,1-2H3,(H,19,20)/t12-/m1/s1. The number of benzene rings is 1. The first-order valence-electron chi connectivity index (χ1n) is 7.22. The summed E-state index contributed by atoms with van der Waals surface area (Å²) in [5.41, 5.74) is 1.22. The average molecular weight is 319 g/mol. The number of para-hydroxylation sites is 1. The molecule has 7 heteroatoms. The molecule has 1 saturated heterocycles. The Morgan fingerprint density at radius 1 is 1.39 bits per heavy atom. The number of hydrogen-bond acceptors (Lipinski definition) is 5. The van der Waals surface area contributed by atoms with Gasteiger partial charge in [0.2, 0.25) is 0 Å². The van der Waals surface area contributed by atoms with E-state index in [9.17, 15) is 9.59 Å². The summed E-state index contributed by atoms with van der Waals surface area (Å²) in [6.07, 6.45) is -1.01. The van der Waals surface area contributed by atoms with Crippen molar-refractivity contribution in [1.82, 2.24) is 4.90 Å². The highest BCUT2D eigenvalue weighted by molar-refractivity contribution is 6.00. The quantitative estimate of drug-likeness (QED) is 0.926. The summed E-state index contributed by atoms with van der Waals surface area (Å²) in [6, 6.07) is 5.44. The van der Waals surface area contributed by atoms with Crippen LogP contribution in [0.3, 0.4) is 0 Å². The van der Waals surface area contributed by atoms with Gasteiger partial charge in [0.1, 0.15) is 0 Å². The van der Waals surface area contributed by atoms with E-state index < -0.39 is 12.1 Å². The minimum absolute atomic E-state index is 0.00177. The van der Waals surface area contributed by atoms with E-state index in [1.807, 2.05) is 12.1 Å². The second-order valence-electron chi connectivity index (χ2n) is 5.34. The van der Waals surface area contributed by atoms with E-state index in [0.29, 0.717) is 23.4 Å². The van der Waals surface area contributed by atoms with E-state index in [1.54, 1.807) is 13.0 Å². The van der Waals surface area contributed by atoms with Gasteiger partial charge in [-0.3, -0.25) is 4.79 Å². The molecule has 1 fully saturated rings. The van der Waals surface area contributed by atoms with Crippen molar-refractivity contribution in [3.8, 4) is 5.75 Å². The van der Waals surface area contributed by atoms with Crippen molar-refractivity contribution in [2.24, 2.45) is 0 Å². The van der Waals surface area contributed by atoms with Crippen molar-refractivity contribution in [3.63, 3.8) is 0 Å². The molecule has 0 aliphatic carbocycles. The zero-order chi connectivity index (χ0) is 16.6. The fourth-order valence-corrected chi connectivity index (χ4v) is 2.71. The number of hydrogen-bond donors (Lipinski definition) is 1. The third-order valence-corrected chi connectivity index (χ3v) is 3.97. The first kappa shape index (κ1) is 15.4. The van der Waals surface area contributed by atoms with Gasteiger partial charge in [0.15, 0.2) is 23.2 Å². The number of carbonyl (C=O) groups excluding carboxylic acids is 1. The topological polar surface area (TPSA) is 89.2 Å². The third kappa shape index (κ3) is 2.63. The van der Waals surface area contributed by atoms with E-state index in [4.69, 9.17) is 19.0 Å². The van der Waals surface area contributed by atoms with Crippen LogP contribution in [0.5, 0.6) is 5.75 Å². The molecule has 7 nitrogen and oxygen atoms in total. The molecule has 1 amide bonds. The molecule has 0 unspecified atom stereocenters. The fourth-order valence-electron chi connectivity index (χ4n) is 2.71. The van der Waals surface area contributed by atoms with Gasteiger partial charge < -0.3 is 23.9 Å². The molecule has 1 aromatic carbocycles. The number of ether oxygens (including phenoxy) is 2. The smallest absolute Gasteiger partial charge is 0.334 e. The Hall–Kier alpha value is -2.54. The molecule has 1 atom stereocenters. The van der Waals surface area contributed by atoms with Crippen molar-refractivity contribution in [2.75, 3.05) is 26.8 Å². The lowest BCUT2D eigenvalue weighted by Crippen LogP contribution is -2.48. The van der Waals surface area contributed by atoms with Gasteiger partial charge >= 0.3 is 5.97 Å². The highest BCUT2D eigenvalue weighted by atomic mass is 16.5. The van der Waals surface area contributed by atoms with E-state index in [-0.39, 0.29) is 24.8 Å². The molecule has 0 spiro atoms. The van der Waals surface area contributed by atoms with Crippen LogP contribution >= 0.6 is 0 Å². The largest absolute Gasteiger partial charge is 0.493 e. The zero-order valence-electron chi connectivity index (χ0n) is 12.9. The van der Waals surface area contributed by atoms with Gasteiger partial charge in [0.25, 0.3) is 5.91 Å². The number of morpholine rings is 1. The van der Waals surface area contributed by atoms with Crippen molar-refractivity contribution in [3.05, 3.63) is 29.5 Å². The van der Waals surface area contributed by atoms with Gasteiger partial charge in [-0.1, -0.05) is 12.1 Å². The van der Waals surface area contributed by atoms with Crippen LogP contribution < -0.4 is 4.74 Å². The Morgan fingerprint density at radius 3 is 2.87 bits per heavy atom. The van der Waals surface area contributed by atoms with Gasteiger partial charge in [0.05, 0.1) is 20.3 Å². The predicted octanol–water partition coefficient (Wildman–Crippen LogP) is 1.68. The minimum Gasteiger partial charge on any atom is -0.493 e. The van der Waals surface area contributed by atoms with E-state index in [2.05, 4.69) is 0 Å². The van der Waals surface area contributed by atoms with E-state index in [0.717, 1.165) is 5.39 Å². The Kier molecular flexibility index (Phi) is 3.96. The lowest BCUT2D eigenvalue weighted by molar-refractivity contribution is -0.154. The molecule has 2 aromatic rings. The van der Waals surface area contributed by atoms with Gasteiger partial charge in [-0.25, -0.2) is 4.79 Å². The third-order valence-electron chi connectivity index (χ3n) is 3.97. The van der Waals surface area contributed by atoms with Crippen molar-refractivity contribution >= 4 is 22.8 Å². The minimum atomic E-state index is -1.08. The molecular weight excluding hydrogens is 302 g/mol. The molecule has 0 saturated carbocycles. The van der Waals surface area contributed by atoms with Crippen LogP contribution in [0.1, 0.15) is 16.1 Å². The summed E-state index contributed by atoms with van der Waals surface area (Å²) in [6.45, 7) is 2.32. The number of carbonyl (C=O) groups is 2. The van der Waals surface area contributed by atoms with Gasteiger partial charge in [-0.05, 0) is 13.0 Å². The highest BCUT2D eigenvalue weighted by Gasteiger charge is 2.32. The van der Waals surface area contributed by atoms with Crippen molar-refractivity contribution < 1.29 is 28.6 Å². The van der Waals surface area contributed by atoms with Gasteiger partial charge in [0, 0.05) is 17.5 Å². The maximum absolute atomic E-state index is 12.7. The molecule has 23 heavy (non-hydrogen) atoms. The Labute approximate surface area is 132 Å². The molecule has 1 aliphatic heterocycles. The zero-order valence-corrected chi connectivity index (χ0v) is 12.9. The summed E-state index contributed by atoms with van der Waals surface area (Å²) >= 11 is 0. The fraction of sp³-hybridized carbons (Fsp3) is 0.375. The molecule has 2 heterocycles. The summed E-state index contributed by atoms with van der Waals surface area (Å²) < 4.78 is 16.1. The summed E-state index contributed by atoms with van der Waals surface area (Å²) in [7, 11) is 1.54. The second kappa shape index (κ2) is 5.92. The van der Waals surface area contributed by atoms with Gasteiger partial charge in [-0.15, -0.1) is 0 Å². The highest BCUT2D eigenvalue weighted by Crippen LogP contribution is 2.33. The Morgan fingerprint density at radius 2 is 2.17 bits per heavy atom. The molecular formula is C16H17NO6. The number of amides is 1. The Balaban J connectivity index is 1.95. The van der Waals surface area contributed by atoms with Crippen LogP contribution in [-0.4, -0.2) is 54.8 Å². The number of methoxy groups -OCH3 is 1. The van der Waals surface area contributed by atoms with Crippen LogP contribution in [0.25, 0.3) is 11.0 Å². The average Bonchev–Trinajstić information content (AvgIpc) is 2.91. The number of carboxylic acid groups (broad SMARTS) is 1. The lowest BCUT2D eigenvalue weighted by atomic mass is 10.1. The number of rotatable bonds is 3. The first-order valence-corrected chi connectivity index (χ1v) is 7.22. The maximum Gasteiger partial charge on any atom is 0.334 e. The molecule has 122 valence electrons.